The second-order valence-corrected chi connectivity index (χ2v) is 5.03. The minimum Gasteiger partial charge on any atom is -0.494 e. The zero-order valence-corrected chi connectivity index (χ0v) is 13.4. The van der Waals surface area contributed by atoms with Crippen molar-refractivity contribution in [3.05, 3.63) is 42.0 Å². The van der Waals surface area contributed by atoms with Crippen molar-refractivity contribution in [2.24, 2.45) is 0 Å². The van der Waals surface area contributed by atoms with Gasteiger partial charge in [-0.2, -0.15) is 0 Å². The van der Waals surface area contributed by atoms with Crippen molar-refractivity contribution in [3.8, 4) is 23.0 Å². The summed E-state index contributed by atoms with van der Waals surface area (Å²) in [5.41, 5.74) is 1.38. The molecule has 2 N–H and O–H groups in total. The number of anilines is 1. The Morgan fingerprint density at radius 2 is 1.79 bits per heavy atom. The minimum atomic E-state index is -0.365. The second-order valence-electron chi connectivity index (χ2n) is 5.03. The molecule has 24 heavy (non-hydrogen) atoms. The predicted octanol–water partition coefficient (Wildman–Crippen LogP) is 2.75. The Kier molecular flexibility index (Phi) is 4.60. The van der Waals surface area contributed by atoms with Gasteiger partial charge in [-0.15, -0.1) is 0 Å². The van der Waals surface area contributed by atoms with E-state index in [1.165, 1.54) is 14.2 Å². The normalized spacial score (nSPS) is 11.8. The largest absolute Gasteiger partial charge is 0.494 e. The van der Waals surface area contributed by atoms with Crippen LogP contribution in [0, 0.1) is 0 Å². The van der Waals surface area contributed by atoms with Gasteiger partial charge in [0.1, 0.15) is 17.2 Å². The Balaban J connectivity index is 1.64. The number of amides is 2. The van der Waals surface area contributed by atoms with Gasteiger partial charge in [-0.3, -0.25) is 0 Å². The molecule has 3 rings (SSSR count). The molecule has 0 radical (unpaired) electrons. The number of methoxy groups -OCH3 is 2. The van der Waals surface area contributed by atoms with Gasteiger partial charge in [0.25, 0.3) is 0 Å². The van der Waals surface area contributed by atoms with Crippen LogP contribution in [0.25, 0.3) is 0 Å². The number of urea groups is 1. The molecule has 0 saturated heterocycles. The Hall–Kier alpha value is -3.09. The lowest BCUT2D eigenvalue weighted by Gasteiger charge is -2.14. The zero-order chi connectivity index (χ0) is 16.9. The van der Waals surface area contributed by atoms with E-state index in [-0.39, 0.29) is 12.8 Å². The number of nitrogens with one attached hydrogen (secondary N) is 2. The molecule has 0 spiro atoms. The molecule has 1 aliphatic heterocycles. The van der Waals surface area contributed by atoms with Gasteiger partial charge >= 0.3 is 6.03 Å². The van der Waals surface area contributed by atoms with Crippen molar-refractivity contribution >= 4 is 11.7 Å². The van der Waals surface area contributed by atoms with E-state index in [2.05, 4.69) is 10.6 Å². The van der Waals surface area contributed by atoms with Crippen LogP contribution in [0.1, 0.15) is 5.56 Å². The highest BCUT2D eigenvalue weighted by Crippen LogP contribution is 2.34. The third-order valence-electron chi connectivity index (χ3n) is 3.56. The number of benzene rings is 2. The van der Waals surface area contributed by atoms with E-state index < -0.39 is 0 Å². The van der Waals surface area contributed by atoms with Gasteiger partial charge in [0.15, 0.2) is 11.5 Å². The molecule has 0 atom stereocenters. The molecule has 126 valence electrons. The summed E-state index contributed by atoms with van der Waals surface area (Å²) in [4.78, 5) is 12.2. The molecule has 0 unspecified atom stereocenters. The van der Waals surface area contributed by atoms with Crippen molar-refractivity contribution in [1.82, 2.24) is 5.32 Å². The molecule has 7 heteroatoms. The van der Waals surface area contributed by atoms with E-state index in [1.54, 1.807) is 18.2 Å². The monoisotopic (exact) mass is 330 g/mol. The molecular formula is C17H18N2O5. The van der Waals surface area contributed by atoms with Crippen molar-refractivity contribution < 1.29 is 23.7 Å². The number of para-hydroxylation sites is 1. The molecule has 0 aromatic heterocycles. The maximum absolute atomic E-state index is 12.2. The summed E-state index contributed by atoms with van der Waals surface area (Å²) in [7, 11) is 3.06. The van der Waals surface area contributed by atoms with Crippen LogP contribution >= 0.6 is 0 Å². The fraction of sp³-hybridized carbons (Fsp3) is 0.235. The molecule has 0 saturated carbocycles. The molecule has 2 aromatic rings. The van der Waals surface area contributed by atoms with Gasteiger partial charge in [-0.25, -0.2) is 4.79 Å². The summed E-state index contributed by atoms with van der Waals surface area (Å²) in [6.07, 6.45) is 0. The quantitative estimate of drug-likeness (QED) is 0.881. The molecule has 0 bridgehead atoms. The topological polar surface area (TPSA) is 78.1 Å². The van der Waals surface area contributed by atoms with Gasteiger partial charge in [0.2, 0.25) is 6.79 Å². The summed E-state index contributed by atoms with van der Waals surface area (Å²) in [6, 6.07) is 10.4. The van der Waals surface area contributed by atoms with E-state index >= 15 is 0 Å². The summed E-state index contributed by atoms with van der Waals surface area (Å²) in [6.45, 7) is 0.570. The highest BCUT2D eigenvalue weighted by Gasteiger charge is 2.15. The lowest BCUT2D eigenvalue weighted by molar-refractivity contribution is 0.174. The molecule has 1 heterocycles. The van der Waals surface area contributed by atoms with Crippen LogP contribution in [0.2, 0.25) is 0 Å². The van der Waals surface area contributed by atoms with Crippen molar-refractivity contribution in [2.75, 3.05) is 26.3 Å². The first-order chi connectivity index (χ1) is 11.7. The first-order valence-electron chi connectivity index (χ1n) is 7.35. The maximum Gasteiger partial charge on any atom is 0.319 e. The van der Waals surface area contributed by atoms with E-state index in [9.17, 15) is 4.79 Å². The average molecular weight is 330 g/mol. The second kappa shape index (κ2) is 6.99. The van der Waals surface area contributed by atoms with Crippen molar-refractivity contribution in [2.45, 2.75) is 6.54 Å². The highest BCUT2D eigenvalue weighted by atomic mass is 16.7. The standard InChI is InChI=1S/C17H18N2O5/c1-21-13-4-3-5-14(22-2)16(13)19-17(20)18-9-11-6-7-12-15(8-11)24-10-23-12/h3-8H,9-10H2,1-2H3,(H2,18,19,20). The van der Waals surface area contributed by atoms with Crippen LogP contribution < -0.4 is 29.6 Å². The molecule has 0 fully saturated rings. The Labute approximate surface area is 139 Å². The van der Waals surface area contributed by atoms with E-state index in [0.29, 0.717) is 35.2 Å². The smallest absolute Gasteiger partial charge is 0.319 e. The SMILES string of the molecule is COc1cccc(OC)c1NC(=O)NCc1ccc2c(c1)OCO2. The predicted molar refractivity (Wildman–Crippen MR) is 88.0 cm³/mol. The van der Waals surface area contributed by atoms with Crippen LogP contribution in [0.3, 0.4) is 0 Å². The van der Waals surface area contributed by atoms with Gasteiger partial charge in [-0.1, -0.05) is 12.1 Å². The average Bonchev–Trinajstić information content (AvgIpc) is 3.07. The first kappa shape index (κ1) is 15.8. The fourth-order valence-corrected chi connectivity index (χ4v) is 2.37. The molecule has 1 aliphatic rings. The van der Waals surface area contributed by atoms with Crippen LogP contribution in [0.4, 0.5) is 10.5 Å². The third-order valence-corrected chi connectivity index (χ3v) is 3.56. The van der Waals surface area contributed by atoms with E-state index in [0.717, 1.165) is 5.56 Å². The van der Waals surface area contributed by atoms with Gasteiger partial charge in [0, 0.05) is 6.54 Å². The lowest BCUT2D eigenvalue weighted by Crippen LogP contribution is -2.28. The van der Waals surface area contributed by atoms with E-state index in [1.807, 2.05) is 18.2 Å². The molecular weight excluding hydrogens is 312 g/mol. The van der Waals surface area contributed by atoms with E-state index in [4.69, 9.17) is 18.9 Å². The number of rotatable bonds is 5. The highest BCUT2D eigenvalue weighted by molar-refractivity contribution is 5.92. The van der Waals surface area contributed by atoms with Crippen molar-refractivity contribution in [3.63, 3.8) is 0 Å². The fourth-order valence-electron chi connectivity index (χ4n) is 2.37. The molecule has 0 aliphatic carbocycles. The maximum atomic E-state index is 12.2. The van der Waals surface area contributed by atoms with Crippen LogP contribution in [0.5, 0.6) is 23.0 Å². The summed E-state index contributed by atoms with van der Waals surface area (Å²) in [5.74, 6) is 2.43. The molecule has 7 nitrogen and oxygen atoms in total. The van der Waals surface area contributed by atoms with Crippen LogP contribution in [0.15, 0.2) is 36.4 Å². The minimum absolute atomic E-state index is 0.223. The molecule has 2 aromatic carbocycles. The summed E-state index contributed by atoms with van der Waals surface area (Å²) in [5, 5.41) is 5.53. The third kappa shape index (κ3) is 3.29. The lowest BCUT2D eigenvalue weighted by atomic mass is 10.2. The number of carbonyl (C=O) groups is 1. The number of fused-ring (bicyclic) bond motifs is 1. The zero-order valence-electron chi connectivity index (χ0n) is 13.4. The van der Waals surface area contributed by atoms with Gasteiger partial charge in [0.05, 0.1) is 14.2 Å². The number of ether oxygens (including phenoxy) is 4. The number of hydrogen-bond donors (Lipinski definition) is 2. The summed E-state index contributed by atoms with van der Waals surface area (Å²) >= 11 is 0. The van der Waals surface area contributed by atoms with Crippen LogP contribution in [-0.4, -0.2) is 27.0 Å². The Bertz CT molecular complexity index is 726. The Morgan fingerprint density at radius 3 is 2.50 bits per heavy atom. The van der Waals surface area contributed by atoms with Crippen molar-refractivity contribution in [1.29, 1.82) is 0 Å². The number of carbonyl (C=O) groups excluding carboxylic acids is 1. The van der Waals surface area contributed by atoms with Gasteiger partial charge < -0.3 is 29.6 Å². The molecule has 2 amide bonds. The number of hydrogen-bond acceptors (Lipinski definition) is 5. The summed E-state index contributed by atoms with van der Waals surface area (Å²) < 4.78 is 21.1. The first-order valence-corrected chi connectivity index (χ1v) is 7.35. The Morgan fingerprint density at radius 1 is 1.08 bits per heavy atom. The van der Waals surface area contributed by atoms with Gasteiger partial charge in [-0.05, 0) is 29.8 Å². The van der Waals surface area contributed by atoms with Crippen LogP contribution in [-0.2, 0) is 6.54 Å².